The Morgan fingerprint density at radius 2 is 1.77 bits per heavy atom. The number of anilines is 1. The first-order chi connectivity index (χ1) is 12.6. The van der Waals surface area contributed by atoms with E-state index < -0.39 is 0 Å². The maximum atomic E-state index is 13.3. The summed E-state index contributed by atoms with van der Waals surface area (Å²) < 4.78 is 15.4. The number of rotatable bonds is 3. The number of nitrogen functional groups attached to an aromatic ring is 1. The average molecular weight is 353 g/mol. The minimum atomic E-state index is -0.290. The predicted molar refractivity (Wildman–Crippen MR) is 96.6 cm³/mol. The van der Waals surface area contributed by atoms with Gasteiger partial charge in [0.25, 0.3) is 0 Å². The average Bonchev–Trinajstić information content (AvgIpc) is 3.08. The fraction of sp³-hybridized carbons (Fsp3) is 0.316. The van der Waals surface area contributed by atoms with Crippen LogP contribution in [0.4, 0.5) is 10.3 Å². The molecule has 4 rings (SSSR count). The van der Waals surface area contributed by atoms with Gasteiger partial charge in [0.2, 0.25) is 5.95 Å². The molecule has 26 heavy (non-hydrogen) atoms. The lowest BCUT2D eigenvalue weighted by molar-refractivity contribution is 0.111. The molecule has 0 spiro atoms. The van der Waals surface area contributed by atoms with Crippen LogP contribution in [0.3, 0.4) is 0 Å². The van der Waals surface area contributed by atoms with Crippen molar-refractivity contribution in [3.8, 4) is 22.6 Å². The van der Waals surface area contributed by atoms with Crippen LogP contribution in [0.25, 0.3) is 22.6 Å². The fourth-order valence-corrected chi connectivity index (χ4v) is 3.55. The van der Waals surface area contributed by atoms with Gasteiger partial charge >= 0.3 is 0 Å². The van der Waals surface area contributed by atoms with Gasteiger partial charge in [-0.25, -0.2) is 19.3 Å². The van der Waals surface area contributed by atoms with Crippen LogP contribution in [0.15, 0.2) is 42.9 Å². The zero-order valence-electron chi connectivity index (χ0n) is 14.2. The van der Waals surface area contributed by atoms with E-state index >= 15 is 0 Å². The van der Waals surface area contributed by atoms with Crippen LogP contribution in [-0.2, 0) is 0 Å². The highest BCUT2D eigenvalue weighted by molar-refractivity contribution is 5.77. The molecule has 1 fully saturated rings. The largest absolute Gasteiger partial charge is 0.393 e. The van der Waals surface area contributed by atoms with Crippen molar-refractivity contribution in [2.24, 2.45) is 0 Å². The van der Waals surface area contributed by atoms with Crippen molar-refractivity contribution in [3.05, 3.63) is 48.7 Å². The molecular formula is C19H20FN5O. The molecule has 3 N–H and O–H groups in total. The van der Waals surface area contributed by atoms with Gasteiger partial charge in [0.15, 0.2) is 0 Å². The first-order valence-corrected chi connectivity index (χ1v) is 8.71. The summed E-state index contributed by atoms with van der Waals surface area (Å²) in [6.07, 6.45) is 6.45. The Bertz CT molecular complexity index is 901. The third-order valence-corrected chi connectivity index (χ3v) is 4.89. The number of nitrogens with two attached hydrogens (primary N) is 1. The Balaban J connectivity index is 1.83. The Kier molecular flexibility index (Phi) is 4.38. The van der Waals surface area contributed by atoms with Crippen LogP contribution in [0.1, 0.15) is 31.7 Å². The van der Waals surface area contributed by atoms with Gasteiger partial charge in [-0.15, -0.1) is 0 Å². The van der Waals surface area contributed by atoms with Crippen LogP contribution >= 0.6 is 0 Å². The van der Waals surface area contributed by atoms with E-state index in [-0.39, 0.29) is 23.9 Å². The summed E-state index contributed by atoms with van der Waals surface area (Å²) in [5, 5.41) is 9.81. The van der Waals surface area contributed by atoms with Crippen molar-refractivity contribution < 1.29 is 9.50 Å². The van der Waals surface area contributed by atoms with Crippen LogP contribution in [0.5, 0.6) is 0 Å². The van der Waals surface area contributed by atoms with E-state index in [2.05, 4.69) is 19.5 Å². The van der Waals surface area contributed by atoms with Crippen molar-refractivity contribution in [2.45, 2.75) is 37.8 Å². The number of aliphatic hydroxyl groups is 1. The highest BCUT2D eigenvalue weighted by Crippen LogP contribution is 2.37. The molecule has 1 aliphatic rings. The Morgan fingerprint density at radius 3 is 2.46 bits per heavy atom. The standard InChI is InChI=1S/C19H20FN5O/c20-13-3-1-12(2-4-13)17-18(16-9-10-22-19(21)24-16)25(11-23-17)14-5-7-15(26)8-6-14/h1-4,9-11,14-15,26H,5-8H2,(H2,21,22,24). The Hall–Kier alpha value is -2.80. The predicted octanol–water partition coefficient (Wildman–Crippen LogP) is 3.20. The normalized spacial score (nSPS) is 20.2. The first-order valence-electron chi connectivity index (χ1n) is 8.71. The van der Waals surface area contributed by atoms with Crippen molar-refractivity contribution in [3.63, 3.8) is 0 Å². The van der Waals surface area contributed by atoms with Crippen LogP contribution in [-0.4, -0.2) is 30.7 Å². The molecule has 2 heterocycles. The second-order valence-electron chi connectivity index (χ2n) is 6.62. The van der Waals surface area contributed by atoms with Gasteiger partial charge in [-0.05, 0) is 56.0 Å². The topological polar surface area (TPSA) is 89.8 Å². The molecule has 0 unspecified atom stereocenters. The van der Waals surface area contributed by atoms with Gasteiger partial charge in [-0.1, -0.05) is 0 Å². The van der Waals surface area contributed by atoms with Gasteiger partial charge in [0.05, 0.1) is 29.5 Å². The molecular weight excluding hydrogens is 333 g/mol. The Morgan fingerprint density at radius 1 is 1.04 bits per heavy atom. The van der Waals surface area contributed by atoms with Crippen molar-refractivity contribution in [1.29, 1.82) is 0 Å². The molecule has 2 aromatic heterocycles. The summed E-state index contributed by atoms with van der Waals surface area (Å²) in [5.74, 6) is -0.0957. The van der Waals surface area contributed by atoms with Gasteiger partial charge in [0.1, 0.15) is 5.82 Å². The highest BCUT2D eigenvalue weighted by Gasteiger charge is 2.25. The van der Waals surface area contributed by atoms with Crippen LogP contribution < -0.4 is 5.73 Å². The Labute approximate surface area is 150 Å². The monoisotopic (exact) mass is 353 g/mol. The van der Waals surface area contributed by atoms with Gasteiger partial charge in [-0.2, -0.15) is 0 Å². The maximum Gasteiger partial charge on any atom is 0.220 e. The summed E-state index contributed by atoms with van der Waals surface area (Å²) >= 11 is 0. The van der Waals surface area contributed by atoms with Crippen molar-refractivity contribution >= 4 is 5.95 Å². The molecule has 0 atom stereocenters. The minimum Gasteiger partial charge on any atom is -0.393 e. The number of aromatic nitrogens is 4. The molecule has 1 aliphatic carbocycles. The summed E-state index contributed by atoms with van der Waals surface area (Å²) in [6.45, 7) is 0. The molecule has 0 bridgehead atoms. The SMILES string of the molecule is Nc1nccc(-c2c(-c3ccc(F)cc3)ncn2C2CCC(O)CC2)n1. The quantitative estimate of drug-likeness (QED) is 0.755. The van der Waals surface area contributed by atoms with E-state index in [1.54, 1.807) is 30.7 Å². The van der Waals surface area contributed by atoms with Crippen molar-refractivity contribution in [1.82, 2.24) is 19.5 Å². The second kappa shape index (κ2) is 6.84. The summed E-state index contributed by atoms with van der Waals surface area (Å²) in [7, 11) is 0. The summed E-state index contributed by atoms with van der Waals surface area (Å²) in [4.78, 5) is 12.9. The van der Waals surface area contributed by atoms with E-state index in [0.717, 1.165) is 42.6 Å². The first kappa shape index (κ1) is 16.7. The molecule has 7 heteroatoms. The number of halogens is 1. The zero-order chi connectivity index (χ0) is 18.1. The molecule has 0 radical (unpaired) electrons. The highest BCUT2D eigenvalue weighted by atomic mass is 19.1. The van der Waals surface area contributed by atoms with Gasteiger partial charge in [0, 0.05) is 17.8 Å². The lowest BCUT2D eigenvalue weighted by atomic mass is 9.92. The number of hydrogen-bond donors (Lipinski definition) is 2. The third kappa shape index (κ3) is 3.17. The van der Waals surface area contributed by atoms with Crippen LogP contribution in [0, 0.1) is 5.82 Å². The van der Waals surface area contributed by atoms with E-state index in [0.29, 0.717) is 5.69 Å². The molecule has 3 aromatic rings. The van der Waals surface area contributed by atoms with Gasteiger partial charge in [-0.3, -0.25) is 0 Å². The van der Waals surface area contributed by atoms with E-state index in [1.165, 1.54) is 12.1 Å². The molecule has 134 valence electrons. The maximum absolute atomic E-state index is 13.3. The van der Waals surface area contributed by atoms with E-state index in [4.69, 9.17) is 5.73 Å². The fourth-order valence-electron chi connectivity index (χ4n) is 3.55. The number of benzene rings is 1. The lowest BCUT2D eigenvalue weighted by Crippen LogP contribution is -2.21. The summed E-state index contributed by atoms with van der Waals surface area (Å²) in [6, 6.07) is 8.29. The second-order valence-corrected chi connectivity index (χ2v) is 6.62. The van der Waals surface area contributed by atoms with Crippen molar-refractivity contribution in [2.75, 3.05) is 5.73 Å². The van der Waals surface area contributed by atoms with E-state index in [1.807, 2.05) is 0 Å². The van der Waals surface area contributed by atoms with Gasteiger partial charge < -0.3 is 15.4 Å². The number of nitrogens with zero attached hydrogens (tertiary/aromatic N) is 4. The number of aliphatic hydroxyl groups excluding tert-OH is 1. The minimum absolute atomic E-state index is 0.194. The molecule has 0 aliphatic heterocycles. The molecule has 6 nitrogen and oxygen atoms in total. The summed E-state index contributed by atoms with van der Waals surface area (Å²) in [5.41, 5.74) is 8.85. The van der Waals surface area contributed by atoms with Crippen LogP contribution in [0.2, 0.25) is 0 Å². The lowest BCUT2D eigenvalue weighted by Gasteiger charge is -2.27. The zero-order valence-corrected chi connectivity index (χ0v) is 14.2. The molecule has 1 saturated carbocycles. The molecule has 0 saturated heterocycles. The third-order valence-electron chi connectivity index (χ3n) is 4.89. The number of hydrogen-bond acceptors (Lipinski definition) is 5. The smallest absolute Gasteiger partial charge is 0.220 e. The molecule has 1 aromatic carbocycles. The number of imidazole rings is 1. The van der Waals surface area contributed by atoms with E-state index in [9.17, 15) is 9.50 Å². The molecule has 0 amide bonds.